The van der Waals surface area contributed by atoms with Gasteiger partial charge >= 0.3 is 0 Å². The van der Waals surface area contributed by atoms with Gasteiger partial charge in [0.25, 0.3) is 5.91 Å². The third-order valence-corrected chi connectivity index (χ3v) is 6.06. The molecule has 1 heterocycles. The standard InChI is InChI=1S/C21H23ClFN3O2S/c1-13-6-9-17(28-4)18-19(13)29-21(24-18)26(11-5-10-25(2)3)20(27)15-8-7-14(23)12-16(15)22/h6-9,12H,5,10-11H2,1-4H3. The molecule has 0 aliphatic carbocycles. The number of nitrogens with zero attached hydrogens (tertiary/aromatic N) is 3. The second kappa shape index (κ2) is 9.07. The number of methoxy groups -OCH3 is 1. The van der Waals surface area contributed by atoms with Crippen molar-refractivity contribution in [3.05, 3.63) is 52.3 Å². The first-order chi connectivity index (χ1) is 13.8. The Labute approximate surface area is 178 Å². The van der Waals surface area contributed by atoms with Crippen LogP contribution < -0.4 is 9.64 Å². The van der Waals surface area contributed by atoms with Gasteiger partial charge in [-0.1, -0.05) is 29.0 Å². The minimum atomic E-state index is -0.481. The highest BCUT2D eigenvalue weighted by molar-refractivity contribution is 7.22. The van der Waals surface area contributed by atoms with Crippen LogP contribution in [0.1, 0.15) is 22.3 Å². The Morgan fingerprint density at radius 1 is 1.24 bits per heavy atom. The molecule has 3 rings (SSSR count). The van der Waals surface area contributed by atoms with Crippen LogP contribution in [0.3, 0.4) is 0 Å². The molecule has 5 nitrogen and oxygen atoms in total. The number of benzene rings is 2. The second-order valence-electron chi connectivity index (χ2n) is 7.00. The number of anilines is 1. The van der Waals surface area contributed by atoms with E-state index in [2.05, 4.69) is 4.90 Å². The fourth-order valence-corrected chi connectivity index (χ4v) is 4.34. The van der Waals surface area contributed by atoms with Crippen molar-refractivity contribution in [2.45, 2.75) is 13.3 Å². The SMILES string of the molecule is COc1ccc(C)c2sc(N(CCCN(C)C)C(=O)c3ccc(F)cc3Cl)nc12. The number of rotatable bonds is 7. The number of thiazole rings is 1. The van der Waals surface area contributed by atoms with Crippen molar-refractivity contribution in [1.29, 1.82) is 0 Å². The van der Waals surface area contributed by atoms with Gasteiger partial charge in [-0.05, 0) is 63.8 Å². The van der Waals surface area contributed by atoms with Crippen LogP contribution >= 0.6 is 22.9 Å². The van der Waals surface area contributed by atoms with Crippen molar-refractivity contribution >= 4 is 44.2 Å². The molecular weight excluding hydrogens is 413 g/mol. The van der Waals surface area contributed by atoms with Gasteiger partial charge in [0.05, 0.1) is 22.4 Å². The Bertz CT molecular complexity index is 1040. The summed E-state index contributed by atoms with van der Waals surface area (Å²) in [5.74, 6) is -0.121. The summed E-state index contributed by atoms with van der Waals surface area (Å²) in [5, 5.41) is 0.652. The van der Waals surface area contributed by atoms with E-state index in [0.717, 1.165) is 34.8 Å². The highest BCUT2D eigenvalue weighted by Gasteiger charge is 2.24. The van der Waals surface area contributed by atoms with E-state index >= 15 is 0 Å². The van der Waals surface area contributed by atoms with Gasteiger partial charge in [-0.25, -0.2) is 9.37 Å². The fraction of sp³-hybridized carbons (Fsp3) is 0.333. The van der Waals surface area contributed by atoms with E-state index in [4.69, 9.17) is 21.3 Å². The number of hydrogen-bond donors (Lipinski definition) is 0. The number of halogens is 2. The summed E-state index contributed by atoms with van der Waals surface area (Å²) in [7, 11) is 5.56. The van der Waals surface area contributed by atoms with Gasteiger partial charge in [-0.15, -0.1) is 0 Å². The van der Waals surface area contributed by atoms with E-state index in [1.165, 1.54) is 23.5 Å². The van der Waals surface area contributed by atoms with Gasteiger partial charge in [0, 0.05) is 6.54 Å². The van der Waals surface area contributed by atoms with Crippen molar-refractivity contribution in [3.63, 3.8) is 0 Å². The normalized spacial score (nSPS) is 11.3. The summed E-state index contributed by atoms with van der Waals surface area (Å²) in [4.78, 5) is 21.7. The molecule has 2 aromatic carbocycles. The van der Waals surface area contributed by atoms with Gasteiger partial charge in [-0.2, -0.15) is 0 Å². The van der Waals surface area contributed by atoms with Crippen LogP contribution in [-0.4, -0.2) is 50.1 Å². The minimum absolute atomic E-state index is 0.0856. The molecule has 0 unspecified atom stereocenters. The predicted octanol–water partition coefficient (Wildman–Crippen LogP) is 5.00. The van der Waals surface area contributed by atoms with E-state index in [1.807, 2.05) is 33.2 Å². The number of aromatic nitrogens is 1. The summed E-state index contributed by atoms with van der Waals surface area (Å²) in [6.45, 7) is 3.28. The van der Waals surface area contributed by atoms with Crippen LogP contribution in [0.5, 0.6) is 5.75 Å². The molecule has 8 heteroatoms. The van der Waals surface area contributed by atoms with E-state index in [1.54, 1.807) is 12.0 Å². The average Bonchev–Trinajstić information content (AvgIpc) is 3.11. The molecule has 154 valence electrons. The lowest BCUT2D eigenvalue weighted by Gasteiger charge is -2.21. The second-order valence-corrected chi connectivity index (χ2v) is 8.38. The Balaban J connectivity index is 2.04. The molecule has 29 heavy (non-hydrogen) atoms. The average molecular weight is 436 g/mol. The first-order valence-corrected chi connectivity index (χ1v) is 10.4. The van der Waals surface area contributed by atoms with E-state index in [-0.39, 0.29) is 16.5 Å². The van der Waals surface area contributed by atoms with Gasteiger partial charge in [0.1, 0.15) is 17.1 Å². The highest BCUT2D eigenvalue weighted by Crippen LogP contribution is 2.37. The summed E-state index contributed by atoms with van der Waals surface area (Å²) in [5.41, 5.74) is 2.04. The van der Waals surface area contributed by atoms with E-state index < -0.39 is 5.82 Å². The highest BCUT2D eigenvalue weighted by atomic mass is 35.5. The van der Waals surface area contributed by atoms with Crippen molar-refractivity contribution in [3.8, 4) is 5.75 Å². The summed E-state index contributed by atoms with van der Waals surface area (Å²) < 4.78 is 19.9. The third-order valence-electron chi connectivity index (χ3n) is 4.54. The lowest BCUT2D eigenvalue weighted by molar-refractivity contribution is 0.0986. The first kappa shape index (κ1) is 21.5. The number of carbonyl (C=O) groups excluding carboxylic acids is 1. The molecule has 0 radical (unpaired) electrons. The zero-order chi connectivity index (χ0) is 21.1. The quantitative estimate of drug-likeness (QED) is 0.523. The molecule has 0 aliphatic heterocycles. The summed E-state index contributed by atoms with van der Waals surface area (Å²) in [6, 6.07) is 7.65. The molecule has 0 N–H and O–H groups in total. The predicted molar refractivity (Wildman–Crippen MR) is 117 cm³/mol. The molecular formula is C21H23ClFN3O2S. The smallest absolute Gasteiger partial charge is 0.261 e. The number of aryl methyl sites for hydroxylation is 1. The van der Waals surface area contributed by atoms with Crippen molar-refractivity contribution in [2.24, 2.45) is 0 Å². The monoisotopic (exact) mass is 435 g/mol. The molecule has 0 saturated carbocycles. The maximum atomic E-state index is 13.5. The van der Waals surface area contributed by atoms with Crippen LogP contribution in [0.4, 0.5) is 9.52 Å². The summed E-state index contributed by atoms with van der Waals surface area (Å²) in [6.07, 6.45) is 0.754. The molecule has 0 aliphatic rings. The largest absolute Gasteiger partial charge is 0.494 e. The molecule has 0 saturated heterocycles. The number of amides is 1. The van der Waals surface area contributed by atoms with Crippen LogP contribution in [-0.2, 0) is 0 Å². The van der Waals surface area contributed by atoms with E-state index in [9.17, 15) is 9.18 Å². The Morgan fingerprint density at radius 2 is 2.00 bits per heavy atom. The minimum Gasteiger partial charge on any atom is -0.494 e. The van der Waals surface area contributed by atoms with Gasteiger partial charge in [-0.3, -0.25) is 9.69 Å². The van der Waals surface area contributed by atoms with E-state index in [0.29, 0.717) is 17.4 Å². The molecule has 0 fully saturated rings. The zero-order valence-electron chi connectivity index (χ0n) is 16.8. The maximum Gasteiger partial charge on any atom is 0.261 e. The molecule has 1 amide bonds. The fourth-order valence-electron chi connectivity index (χ4n) is 3.02. The topological polar surface area (TPSA) is 45.7 Å². The lowest BCUT2D eigenvalue weighted by Crippen LogP contribution is -2.33. The van der Waals surface area contributed by atoms with Crippen LogP contribution in [0.25, 0.3) is 10.2 Å². The van der Waals surface area contributed by atoms with Gasteiger partial charge < -0.3 is 9.64 Å². The van der Waals surface area contributed by atoms with Crippen LogP contribution in [0.2, 0.25) is 5.02 Å². The Morgan fingerprint density at radius 3 is 2.66 bits per heavy atom. The van der Waals surface area contributed by atoms with Gasteiger partial charge in [0.2, 0.25) is 0 Å². The first-order valence-electron chi connectivity index (χ1n) is 9.17. The molecule has 0 atom stereocenters. The van der Waals surface area contributed by atoms with Crippen molar-refractivity contribution in [1.82, 2.24) is 9.88 Å². The molecule has 0 bridgehead atoms. The zero-order valence-corrected chi connectivity index (χ0v) is 18.4. The Hall–Kier alpha value is -2.22. The number of carbonyl (C=O) groups is 1. The lowest BCUT2D eigenvalue weighted by atomic mass is 10.2. The number of hydrogen-bond acceptors (Lipinski definition) is 5. The third kappa shape index (κ3) is 4.69. The number of ether oxygens (including phenoxy) is 1. The molecule has 0 spiro atoms. The molecule has 3 aromatic rings. The van der Waals surface area contributed by atoms with Gasteiger partial charge in [0.15, 0.2) is 5.13 Å². The van der Waals surface area contributed by atoms with Crippen molar-refractivity contribution < 1.29 is 13.9 Å². The van der Waals surface area contributed by atoms with Crippen molar-refractivity contribution in [2.75, 3.05) is 39.2 Å². The summed E-state index contributed by atoms with van der Waals surface area (Å²) >= 11 is 7.59. The van der Waals surface area contributed by atoms with Crippen LogP contribution in [0.15, 0.2) is 30.3 Å². The number of fused-ring (bicyclic) bond motifs is 1. The Kier molecular flexibility index (Phi) is 6.72. The maximum absolute atomic E-state index is 13.5. The molecule has 1 aromatic heterocycles. The van der Waals surface area contributed by atoms with Crippen LogP contribution in [0, 0.1) is 12.7 Å².